The highest BCUT2D eigenvalue weighted by Gasteiger charge is 2.20. The summed E-state index contributed by atoms with van der Waals surface area (Å²) in [5, 5.41) is 11.4. The van der Waals surface area contributed by atoms with Crippen LogP contribution in [0.4, 0.5) is 10.3 Å². The van der Waals surface area contributed by atoms with Gasteiger partial charge in [-0.3, -0.25) is 9.38 Å². The fourth-order valence-electron chi connectivity index (χ4n) is 3.36. The molecule has 0 amide bonds. The molecule has 0 atom stereocenters. The van der Waals surface area contributed by atoms with E-state index in [1.54, 1.807) is 35.4 Å². The Morgan fingerprint density at radius 3 is 2.96 bits per heavy atom. The maximum atomic E-state index is 14.3. The first kappa shape index (κ1) is 15.7. The summed E-state index contributed by atoms with van der Waals surface area (Å²) in [5.41, 5.74) is 3.98. The van der Waals surface area contributed by atoms with Crippen molar-refractivity contribution in [2.75, 3.05) is 11.9 Å². The van der Waals surface area contributed by atoms with Gasteiger partial charge in [0, 0.05) is 48.2 Å². The molecule has 0 saturated carbocycles. The number of hydrogen-bond donors (Lipinski definition) is 1. The van der Waals surface area contributed by atoms with Crippen molar-refractivity contribution in [1.29, 1.82) is 0 Å². The van der Waals surface area contributed by atoms with Crippen LogP contribution in [0.1, 0.15) is 11.1 Å². The summed E-state index contributed by atoms with van der Waals surface area (Å²) in [4.78, 5) is 8.53. The van der Waals surface area contributed by atoms with Crippen LogP contribution < -0.4 is 10.1 Å². The predicted octanol–water partition coefficient (Wildman–Crippen LogP) is 2.87. The molecule has 134 valence electrons. The number of rotatable bonds is 4. The Labute approximate surface area is 153 Å². The van der Waals surface area contributed by atoms with Crippen LogP contribution in [0.15, 0.2) is 49.2 Å². The van der Waals surface area contributed by atoms with Crippen molar-refractivity contribution in [3.63, 3.8) is 0 Å². The Hall–Kier alpha value is -3.55. The number of benzene rings is 1. The van der Waals surface area contributed by atoms with E-state index in [0.29, 0.717) is 36.7 Å². The summed E-state index contributed by atoms with van der Waals surface area (Å²) in [6.07, 6.45) is 7.46. The molecule has 0 aliphatic carbocycles. The van der Waals surface area contributed by atoms with Crippen molar-refractivity contribution in [2.45, 2.75) is 13.0 Å². The number of nitrogens with one attached hydrogen (secondary N) is 1. The van der Waals surface area contributed by atoms with Crippen LogP contribution in [0, 0.1) is 5.82 Å². The highest BCUT2D eigenvalue weighted by Crippen LogP contribution is 2.31. The van der Waals surface area contributed by atoms with Gasteiger partial charge in [0.25, 0.3) is 0 Å². The highest BCUT2D eigenvalue weighted by atomic mass is 19.1. The number of pyridine rings is 1. The lowest BCUT2D eigenvalue weighted by molar-refractivity contribution is 0.356. The maximum Gasteiger partial charge on any atom is 0.210 e. The largest absolute Gasteiger partial charge is 0.493 e. The fourth-order valence-corrected chi connectivity index (χ4v) is 3.36. The van der Waals surface area contributed by atoms with Gasteiger partial charge in [0.15, 0.2) is 5.65 Å². The number of nitrogens with zero attached hydrogens (tertiary/aromatic N) is 5. The van der Waals surface area contributed by atoms with Crippen molar-refractivity contribution in [3.05, 3.63) is 66.1 Å². The molecule has 0 saturated heterocycles. The minimum absolute atomic E-state index is 0.250. The van der Waals surface area contributed by atoms with Gasteiger partial charge in [0.1, 0.15) is 17.9 Å². The first-order chi connectivity index (χ1) is 13.3. The molecule has 7 nitrogen and oxygen atoms in total. The summed E-state index contributed by atoms with van der Waals surface area (Å²) in [6.45, 7) is 0.883. The van der Waals surface area contributed by atoms with Crippen molar-refractivity contribution in [2.24, 2.45) is 0 Å². The molecular weight excluding hydrogens is 347 g/mol. The van der Waals surface area contributed by atoms with E-state index in [-0.39, 0.29) is 5.82 Å². The quantitative estimate of drug-likeness (QED) is 0.602. The molecule has 1 aromatic carbocycles. The minimum Gasteiger partial charge on any atom is -0.493 e. The average molecular weight is 362 g/mol. The van der Waals surface area contributed by atoms with Crippen LogP contribution in [0.5, 0.6) is 5.75 Å². The Bertz CT molecular complexity index is 1130. The van der Waals surface area contributed by atoms with Crippen molar-refractivity contribution < 1.29 is 9.13 Å². The molecule has 1 aliphatic heterocycles. The summed E-state index contributed by atoms with van der Waals surface area (Å²) in [7, 11) is 0. The molecule has 3 aromatic heterocycles. The smallest absolute Gasteiger partial charge is 0.210 e. The summed E-state index contributed by atoms with van der Waals surface area (Å²) >= 11 is 0. The molecule has 0 fully saturated rings. The number of hydrogen-bond acceptors (Lipinski definition) is 6. The number of halogens is 1. The zero-order valence-corrected chi connectivity index (χ0v) is 14.3. The van der Waals surface area contributed by atoms with Crippen LogP contribution in [0.3, 0.4) is 0 Å². The Morgan fingerprint density at radius 1 is 1.19 bits per heavy atom. The third-order valence-electron chi connectivity index (χ3n) is 4.69. The predicted molar refractivity (Wildman–Crippen MR) is 96.9 cm³/mol. The van der Waals surface area contributed by atoms with Gasteiger partial charge in [-0.15, -0.1) is 10.2 Å². The van der Waals surface area contributed by atoms with Crippen molar-refractivity contribution in [1.82, 2.24) is 24.6 Å². The SMILES string of the molecule is Fc1ccc2c(c1CNc1ncc(-c3ccncc3)c3nncn13)CCO2. The summed E-state index contributed by atoms with van der Waals surface area (Å²) in [6, 6.07) is 6.90. The zero-order chi connectivity index (χ0) is 18.2. The van der Waals surface area contributed by atoms with Gasteiger partial charge in [-0.2, -0.15) is 0 Å². The molecule has 0 bridgehead atoms. The molecule has 0 spiro atoms. The van der Waals surface area contributed by atoms with Crippen LogP contribution in [-0.4, -0.2) is 31.2 Å². The van der Waals surface area contributed by atoms with Gasteiger partial charge in [0.05, 0.1) is 6.61 Å². The van der Waals surface area contributed by atoms with E-state index >= 15 is 0 Å². The number of aromatic nitrogens is 5. The van der Waals surface area contributed by atoms with E-state index in [2.05, 4.69) is 25.5 Å². The second-order valence-electron chi connectivity index (χ2n) is 6.21. The molecule has 27 heavy (non-hydrogen) atoms. The molecule has 8 heteroatoms. The monoisotopic (exact) mass is 362 g/mol. The first-order valence-electron chi connectivity index (χ1n) is 8.57. The minimum atomic E-state index is -0.250. The van der Waals surface area contributed by atoms with Crippen LogP contribution >= 0.6 is 0 Å². The second kappa shape index (κ2) is 6.31. The fraction of sp³-hybridized carbons (Fsp3) is 0.158. The molecule has 4 heterocycles. The van der Waals surface area contributed by atoms with Gasteiger partial charge < -0.3 is 10.1 Å². The Kier molecular flexibility index (Phi) is 3.67. The van der Waals surface area contributed by atoms with E-state index < -0.39 is 0 Å². The molecule has 0 radical (unpaired) electrons. The van der Waals surface area contributed by atoms with E-state index in [0.717, 1.165) is 22.4 Å². The van der Waals surface area contributed by atoms with E-state index in [1.807, 2.05) is 12.1 Å². The molecule has 4 aromatic rings. The lowest BCUT2D eigenvalue weighted by atomic mass is 10.0. The second-order valence-corrected chi connectivity index (χ2v) is 6.21. The molecular formula is C19H15FN6O. The Morgan fingerprint density at radius 2 is 2.07 bits per heavy atom. The number of anilines is 1. The van der Waals surface area contributed by atoms with Gasteiger partial charge in [-0.05, 0) is 29.8 Å². The average Bonchev–Trinajstić information content (AvgIpc) is 3.37. The Balaban J connectivity index is 1.49. The third kappa shape index (κ3) is 2.66. The van der Waals surface area contributed by atoms with Crippen molar-refractivity contribution >= 4 is 11.6 Å². The first-order valence-corrected chi connectivity index (χ1v) is 8.57. The standard InChI is InChI=1S/C19H15FN6O/c20-16-1-2-17-13(5-8-27-17)15(16)10-23-19-22-9-14(12-3-6-21-7-4-12)18-25-24-11-26(18)19/h1-4,6-7,9,11H,5,8,10H2,(H,22,23). The normalized spacial score (nSPS) is 12.8. The van der Waals surface area contributed by atoms with Crippen molar-refractivity contribution in [3.8, 4) is 16.9 Å². The van der Waals surface area contributed by atoms with Crippen LogP contribution in [-0.2, 0) is 13.0 Å². The zero-order valence-electron chi connectivity index (χ0n) is 14.3. The molecule has 1 aliphatic rings. The maximum absolute atomic E-state index is 14.3. The van der Waals surface area contributed by atoms with E-state index in [4.69, 9.17) is 4.74 Å². The number of fused-ring (bicyclic) bond motifs is 2. The van der Waals surface area contributed by atoms with E-state index in [9.17, 15) is 4.39 Å². The molecule has 1 N–H and O–H groups in total. The van der Waals surface area contributed by atoms with Gasteiger partial charge in [-0.1, -0.05) is 0 Å². The van der Waals surface area contributed by atoms with Crippen LogP contribution in [0.25, 0.3) is 16.8 Å². The molecule has 5 rings (SSSR count). The summed E-state index contributed by atoms with van der Waals surface area (Å²) < 4.78 is 21.6. The van der Waals surface area contributed by atoms with Gasteiger partial charge in [0.2, 0.25) is 5.95 Å². The van der Waals surface area contributed by atoms with Gasteiger partial charge >= 0.3 is 0 Å². The lowest BCUT2D eigenvalue weighted by Gasteiger charge is -2.12. The van der Waals surface area contributed by atoms with E-state index in [1.165, 1.54) is 6.07 Å². The van der Waals surface area contributed by atoms with Crippen LogP contribution in [0.2, 0.25) is 0 Å². The number of ether oxygens (including phenoxy) is 1. The summed E-state index contributed by atoms with van der Waals surface area (Å²) in [5.74, 6) is 1.05. The lowest BCUT2D eigenvalue weighted by Crippen LogP contribution is -2.09. The van der Waals surface area contributed by atoms with Gasteiger partial charge in [-0.25, -0.2) is 9.37 Å². The topological polar surface area (TPSA) is 77.2 Å². The molecule has 0 unspecified atom stereocenters. The highest BCUT2D eigenvalue weighted by molar-refractivity contribution is 5.77. The third-order valence-corrected chi connectivity index (χ3v) is 4.69.